The molecule has 0 aliphatic rings. The molecule has 0 radical (unpaired) electrons. The number of aromatic nitrogens is 1. The minimum absolute atomic E-state index is 0.472. The van der Waals surface area contributed by atoms with Crippen molar-refractivity contribution in [2.45, 2.75) is 12.6 Å². The molecule has 0 saturated carbocycles. The molecule has 0 saturated heterocycles. The maximum absolute atomic E-state index is 12.4. The summed E-state index contributed by atoms with van der Waals surface area (Å²) < 4.78 is 42.7. The number of hydrogen-bond acceptors (Lipinski definition) is 3. The van der Waals surface area contributed by atoms with Gasteiger partial charge >= 0.3 is 6.18 Å². The standard InChI is InChI=1S/C13H13F3N2O/c1-17-7-6-12-18-8-11(19-12)9-2-4-10(5-3-9)13(14,15)16/h2-5,8,17H,6-7H2,1H3. The predicted molar refractivity (Wildman–Crippen MR) is 64.6 cm³/mol. The van der Waals surface area contributed by atoms with Crippen LogP contribution in [0.1, 0.15) is 11.5 Å². The maximum Gasteiger partial charge on any atom is 0.416 e. The number of halogens is 3. The van der Waals surface area contributed by atoms with Crippen LogP contribution >= 0.6 is 0 Å². The van der Waals surface area contributed by atoms with E-state index in [0.29, 0.717) is 23.6 Å². The lowest BCUT2D eigenvalue weighted by Gasteiger charge is -2.06. The summed E-state index contributed by atoms with van der Waals surface area (Å²) in [7, 11) is 1.82. The molecule has 0 spiro atoms. The molecule has 6 heteroatoms. The summed E-state index contributed by atoms with van der Waals surface area (Å²) in [6.07, 6.45) is -2.16. The van der Waals surface area contributed by atoms with Crippen LogP contribution in [-0.4, -0.2) is 18.6 Å². The third-order valence-electron chi connectivity index (χ3n) is 2.64. The molecule has 2 aromatic rings. The van der Waals surface area contributed by atoms with E-state index in [1.165, 1.54) is 18.3 Å². The Morgan fingerprint density at radius 2 is 1.89 bits per heavy atom. The van der Waals surface area contributed by atoms with Gasteiger partial charge in [0.25, 0.3) is 0 Å². The van der Waals surface area contributed by atoms with Gasteiger partial charge in [0.15, 0.2) is 11.7 Å². The Labute approximate surface area is 108 Å². The van der Waals surface area contributed by atoms with Crippen molar-refractivity contribution in [2.75, 3.05) is 13.6 Å². The van der Waals surface area contributed by atoms with Gasteiger partial charge < -0.3 is 9.73 Å². The highest BCUT2D eigenvalue weighted by atomic mass is 19.4. The van der Waals surface area contributed by atoms with Crippen molar-refractivity contribution in [3.63, 3.8) is 0 Å². The van der Waals surface area contributed by atoms with E-state index in [2.05, 4.69) is 10.3 Å². The van der Waals surface area contributed by atoms with Gasteiger partial charge in [-0.05, 0) is 19.2 Å². The molecule has 1 heterocycles. The second-order valence-corrected chi connectivity index (χ2v) is 4.05. The van der Waals surface area contributed by atoms with Crippen molar-refractivity contribution in [1.29, 1.82) is 0 Å². The van der Waals surface area contributed by atoms with Gasteiger partial charge in [-0.3, -0.25) is 0 Å². The van der Waals surface area contributed by atoms with Gasteiger partial charge in [-0.15, -0.1) is 0 Å². The number of alkyl halides is 3. The van der Waals surface area contributed by atoms with Gasteiger partial charge in [0, 0.05) is 18.5 Å². The van der Waals surface area contributed by atoms with Crippen molar-refractivity contribution in [2.24, 2.45) is 0 Å². The van der Waals surface area contributed by atoms with Crippen LogP contribution in [-0.2, 0) is 12.6 Å². The average Bonchev–Trinajstić information content (AvgIpc) is 2.84. The van der Waals surface area contributed by atoms with E-state index in [1.807, 2.05) is 7.05 Å². The molecule has 1 aromatic carbocycles. The lowest BCUT2D eigenvalue weighted by molar-refractivity contribution is -0.137. The molecule has 0 unspecified atom stereocenters. The lowest BCUT2D eigenvalue weighted by atomic mass is 10.1. The molecular weight excluding hydrogens is 257 g/mol. The molecule has 0 bridgehead atoms. The fourth-order valence-electron chi connectivity index (χ4n) is 1.61. The Kier molecular flexibility index (Phi) is 3.90. The predicted octanol–water partition coefficient (Wildman–Crippen LogP) is 3.12. The molecule has 2 rings (SSSR count). The van der Waals surface area contributed by atoms with Crippen LogP contribution in [0.5, 0.6) is 0 Å². The quantitative estimate of drug-likeness (QED) is 0.927. The van der Waals surface area contributed by atoms with Gasteiger partial charge in [-0.2, -0.15) is 13.2 Å². The highest BCUT2D eigenvalue weighted by Crippen LogP contribution is 2.31. The maximum atomic E-state index is 12.4. The van der Waals surface area contributed by atoms with Crippen molar-refractivity contribution in [3.05, 3.63) is 41.9 Å². The van der Waals surface area contributed by atoms with Crippen LogP contribution in [0.4, 0.5) is 13.2 Å². The van der Waals surface area contributed by atoms with Crippen LogP contribution in [0.2, 0.25) is 0 Å². The first-order chi connectivity index (χ1) is 9.00. The minimum atomic E-state index is -4.32. The number of benzene rings is 1. The smallest absolute Gasteiger partial charge is 0.416 e. The topological polar surface area (TPSA) is 38.1 Å². The zero-order valence-electron chi connectivity index (χ0n) is 10.3. The van der Waals surface area contributed by atoms with Gasteiger partial charge in [-0.25, -0.2) is 4.98 Å². The number of nitrogens with one attached hydrogen (secondary N) is 1. The second kappa shape index (κ2) is 5.44. The van der Waals surface area contributed by atoms with E-state index in [0.717, 1.165) is 18.7 Å². The number of hydrogen-bond donors (Lipinski definition) is 1. The normalized spacial score (nSPS) is 11.8. The fraction of sp³-hybridized carbons (Fsp3) is 0.308. The summed E-state index contributed by atoms with van der Waals surface area (Å²) in [6.45, 7) is 0.729. The average molecular weight is 270 g/mol. The van der Waals surface area contributed by atoms with E-state index < -0.39 is 11.7 Å². The first-order valence-electron chi connectivity index (χ1n) is 5.77. The largest absolute Gasteiger partial charge is 0.441 e. The van der Waals surface area contributed by atoms with Crippen molar-refractivity contribution in [1.82, 2.24) is 10.3 Å². The number of oxazole rings is 1. The molecule has 1 N–H and O–H groups in total. The lowest BCUT2D eigenvalue weighted by Crippen LogP contribution is -2.10. The van der Waals surface area contributed by atoms with Crippen LogP contribution in [0, 0.1) is 0 Å². The van der Waals surface area contributed by atoms with Crippen LogP contribution in [0.15, 0.2) is 34.9 Å². The molecule has 0 amide bonds. The second-order valence-electron chi connectivity index (χ2n) is 4.05. The van der Waals surface area contributed by atoms with E-state index in [1.54, 1.807) is 0 Å². The molecule has 19 heavy (non-hydrogen) atoms. The third-order valence-corrected chi connectivity index (χ3v) is 2.64. The molecule has 0 aliphatic heterocycles. The van der Waals surface area contributed by atoms with Crippen LogP contribution in [0.25, 0.3) is 11.3 Å². The Morgan fingerprint density at radius 3 is 2.47 bits per heavy atom. The molecule has 0 aliphatic carbocycles. The van der Waals surface area contributed by atoms with Crippen molar-refractivity contribution >= 4 is 0 Å². The van der Waals surface area contributed by atoms with Crippen molar-refractivity contribution < 1.29 is 17.6 Å². The number of likely N-dealkylation sites (N-methyl/N-ethyl adjacent to an activating group) is 1. The summed E-state index contributed by atoms with van der Waals surface area (Å²) >= 11 is 0. The number of rotatable bonds is 4. The molecular formula is C13H13F3N2O. The Bertz CT molecular complexity index is 532. The monoisotopic (exact) mass is 270 g/mol. The first kappa shape index (κ1) is 13.6. The summed E-state index contributed by atoms with van der Waals surface area (Å²) in [5.74, 6) is 1.03. The fourth-order valence-corrected chi connectivity index (χ4v) is 1.61. The van der Waals surface area contributed by atoms with Crippen molar-refractivity contribution in [3.8, 4) is 11.3 Å². The number of nitrogens with zero attached hydrogens (tertiary/aromatic N) is 1. The van der Waals surface area contributed by atoms with Gasteiger partial charge in [0.1, 0.15) is 0 Å². The summed E-state index contributed by atoms with van der Waals surface area (Å²) in [5, 5.41) is 2.96. The molecule has 3 nitrogen and oxygen atoms in total. The Hall–Kier alpha value is -1.82. The van der Waals surface area contributed by atoms with Gasteiger partial charge in [-0.1, -0.05) is 12.1 Å². The van der Waals surface area contributed by atoms with E-state index in [-0.39, 0.29) is 0 Å². The van der Waals surface area contributed by atoms with Gasteiger partial charge in [0.05, 0.1) is 11.8 Å². The summed E-state index contributed by atoms with van der Waals surface area (Å²) in [4.78, 5) is 4.07. The molecule has 0 fully saturated rings. The molecule has 0 atom stereocenters. The first-order valence-corrected chi connectivity index (χ1v) is 5.77. The Balaban J connectivity index is 2.16. The highest BCUT2D eigenvalue weighted by molar-refractivity contribution is 5.56. The van der Waals surface area contributed by atoms with Crippen LogP contribution < -0.4 is 5.32 Å². The third kappa shape index (κ3) is 3.35. The van der Waals surface area contributed by atoms with E-state index >= 15 is 0 Å². The molecule has 102 valence electrons. The Morgan fingerprint density at radius 1 is 1.21 bits per heavy atom. The zero-order chi connectivity index (χ0) is 13.9. The zero-order valence-corrected chi connectivity index (χ0v) is 10.3. The van der Waals surface area contributed by atoms with Crippen LogP contribution in [0.3, 0.4) is 0 Å². The minimum Gasteiger partial charge on any atom is -0.441 e. The SMILES string of the molecule is CNCCc1ncc(-c2ccc(C(F)(F)F)cc2)o1. The summed E-state index contributed by atoms with van der Waals surface area (Å²) in [5.41, 5.74) is -0.0950. The van der Waals surface area contributed by atoms with Gasteiger partial charge in [0.2, 0.25) is 0 Å². The molecule has 1 aromatic heterocycles. The summed E-state index contributed by atoms with van der Waals surface area (Å²) in [6, 6.07) is 4.83. The van der Waals surface area contributed by atoms with E-state index in [9.17, 15) is 13.2 Å². The van der Waals surface area contributed by atoms with E-state index in [4.69, 9.17) is 4.42 Å². The highest BCUT2D eigenvalue weighted by Gasteiger charge is 2.30.